The van der Waals surface area contributed by atoms with Crippen LogP contribution >= 0.6 is 0 Å². The Labute approximate surface area is 179 Å². The van der Waals surface area contributed by atoms with Crippen molar-refractivity contribution in [1.82, 2.24) is 0 Å². The number of aromatic hydroxyl groups is 1. The number of allylic oxidation sites excluding steroid dienone is 2. The van der Waals surface area contributed by atoms with Crippen LogP contribution in [-0.2, 0) is 9.59 Å². The van der Waals surface area contributed by atoms with Crippen molar-refractivity contribution < 1.29 is 24.2 Å². The molecule has 156 valence electrons. The van der Waals surface area contributed by atoms with E-state index in [1.807, 2.05) is 0 Å². The number of imide groups is 1. The van der Waals surface area contributed by atoms with E-state index in [1.165, 1.54) is 17.0 Å². The first-order valence-electron chi connectivity index (χ1n) is 10.6. The molecule has 0 radical (unpaired) electrons. The molecular formula is C25H21NO5. The van der Waals surface area contributed by atoms with E-state index in [-0.39, 0.29) is 53.6 Å². The maximum atomic E-state index is 13.2. The maximum absolute atomic E-state index is 13.2. The molecule has 6 heteroatoms. The lowest BCUT2D eigenvalue weighted by Crippen LogP contribution is -2.40. The zero-order valence-corrected chi connectivity index (χ0v) is 16.7. The Bertz CT molecular complexity index is 1080. The van der Waals surface area contributed by atoms with Crippen LogP contribution in [0.15, 0.2) is 60.7 Å². The summed E-state index contributed by atoms with van der Waals surface area (Å²) in [7, 11) is 0. The summed E-state index contributed by atoms with van der Waals surface area (Å²) in [6.45, 7) is -0.145. The number of ketones is 1. The van der Waals surface area contributed by atoms with Crippen LogP contribution in [0.5, 0.6) is 11.5 Å². The van der Waals surface area contributed by atoms with E-state index in [4.69, 9.17) is 4.74 Å². The van der Waals surface area contributed by atoms with Crippen LogP contribution in [-0.4, -0.2) is 29.3 Å². The van der Waals surface area contributed by atoms with E-state index in [1.54, 1.807) is 36.4 Å². The molecule has 0 spiro atoms. The summed E-state index contributed by atoms with van der Waals surface area (Å²) >= 11 is 0. The van der Waals surface area contributed by atoms with Crippen molar-refractivity contribution >= 4 is 23.3 Å². The van der Waals surface area contributed by atoms with Gasteiger partial charge in [-0.05, 0) is 78.6 Å². The zero-order valence-electron chi connectivity index (χ0n) is 16.7. The smallest absolute Gasteiger partial charge is 0.238 e. The molecule has 0 unspecified atom stereocenters. The lowest BCUT2D eigenvalue weighted by molar-refractivity contribution is -0.124. The first kappa shape index (κ1) is 18.4. The van der Waals surface area contributed by atoms with Gasteiger partial charge in [-0.15, -0.1) is 0 Å². The predicted octanol–water partition coefficient (Wildman–Crippen LogP) is 3.21. The van der Waals surface area contributed by atoms with E-state index < -0.39 is 0 Å². The molecule has 1 heterocycles. The number of phenols is 1. The Kier molecular flexibility index (Phi) is 3.88. The second-order valence-corrected chi connectivity index (χ2v) is 8.92. The number of amides is 2. The third-order valence-corrected chi connectivity index (χ3v) is 7.32. The SMILES string of the molecule is O=C(COc1ccc(N2C(=O)[C@@H]3[C@@H]4C=C[C@@H]([C@H]5C[C@@H]45)[C@@H]3C2=O)cc1)c1ccc(O)cc1. The first-order valence-corrected chi connectivity index (χ1v) is 10.6. The molecule has 2 aromatic rings. The van der Waals surface area contributed by atoms with Crippen LogP contribution in [0.3, 0.4) is 0 Å². The molecule has 3 fully saturated rings. The standard InChI is InChI=1S/C25H21NO5/c27-15-5-1-13(2-6-15)21(28)12-31-16-7-3-14(4-8-16)26-24(29)22-17-9-10-18(20-11-19(17)20)23(22)25(26)30/h1-10,17-20,22-23,27H,11-12H2/t17-,18+,19+,20-,22-,23+. The van der Waals surface area contributed by atoms with Gasteiger partial charge in [0, 0.05) is 5.56 Å². The number of anilines is 1. The largest absolute Gasteiger partial charge is 0.508 e. The molecule has 2 saturated carbocycles. The van der Waals surface area contributed by atoms with E-state index in [0.717, 1.165) is 6.42 Å². The molecule has 2 bridgehead atoms. The molecule has 1 saturated heterocycles. The Balaban J connectivity index is 1.16. The topological polar surface area (TPSA) is 83.9 Å². The summed E-state index contributed by atoms with van der Waals surface area (Å²) in [5.41, 5.74) is 1.00. The molecule has 0 aromatic heterocycles. The van der Waals surface area contributed by atoms with Crippen LogP contribution in [0.1, 0.15) is 16.8 Å². The summed E-state index contributed by atoms with van der Waals surface area (Å²) in [4.78, 5) is 39.9. The van der Waals surface area contributed by atoms with E-state index >= 15 is 0 Å². The average molecular weight is 415 g/mol. The van der Waals surface area contributed by atoms with Crippen molar-refractivity contribution in [1.29, 1.82) is 0 Å². The fraction of sp³-hybridized carbons (Fsp3) is 0.320. The quantitative estimate of drug-likeness (QED) is 0.461. The van der Waals surface area contributed by atoms with E-state index in [0.29, 0.717) is 28.8 Å². The fourth-order valence-corrected chi connectivity index (χ4v) is 5.78. The summed E-state index contributed by atoms with van der Waals surface area (Å²) < 4.78 is 5.57. The number of benzene rings is 2. The minimum atomic E-state index is -0.217. The monoisotopic (exact) mass is 415 g/mol. The second-order valence-electron chi connectivity index (χ2n) is 8.92. The molecular weight excluding hydrogens is 394 g/mol. The number of Topliss-reactive ketones (excluding diaryl/α,β-unsaturated/α-hetero) is 1. The van der Waals surface area contributed by atoms with Crippen molar-refractivity contribution in [3.05, 3.63) is 66.2 Å². The molecule has 2 aromatic carbocycles. The number of carbonyl (C=O) groups is 3. The molecule has 6 nitrogen and oxygen atoms in total. The number of hydrogen-bond donors (Lipinski definition) is 1. The molecule has 1 aliphatic heterocycles. The second kappa shape index (κ2) is 6.54. The zero-order chi connectivity index (χ0) is 21.3. The molecule has 7 rings (SSSR count). The van der Waals surface area contributed by atoms with Gasteiger partial charge in [-0.2, -0.15) is 0 Å². The Morgan fingerprint density at radius 1 is 0.903 bits per heavy atom. The number of hydrogen-bond acceptors (Lipinski definition) is 5. The molecule has 6 atom stereocenters. The van der Waals surface area contributed by atoms with Gasteiger partial charge in [0.05, 0.1) is 17.5 Å². The van der Waals surface area contributed by atoms with Gasteiger partial charge in [0.25, 0.3) is 0 Å². The van der Waals surface area contributed by atoms with Crippen LogP contribution in [0.2, 0.25) is 0 Å². The molecule has 4 aliphatic carbocycles. The fourth-order valence-electron chi connectivity index (χ4n) is 5.78. The predicted molar refractivity (Wildman–Crippen MR) is 112 cm³/mol. The van der Waals surface area contributed by atoms with Gasteiger partial charge in [0.1, 0.15) is 11.5 Å². The van der Waals surface area contributed by atoms with Crippen molar-refractivity contribution in [3.63, 3.8) is 0 Å². The Hall–Kier alpha value is -3.41. The highest BCUT2D eigenvalue weighted by molar-refractivity contribution is 6.22. The number of phenolic OH excluding ortho intramolecular Hbond substituents is 1. The number of ether oxygens (including phenoxy) is 1. The molecule has 2 amide bonds. The van der Waals surface area contributed by atoms with E-state index in [9.17, 15) is 19.5 Å². The Morgan fingerprint density at radius 3 is 2.06 bits per heavy atom. The minimum absolute atomic E-state index is 0.0872. The van der Waals surface area contributed by atoms with Crippen molar-refractivity contribution in [2.45, 2.75) is 6.42 Å². The van der Waals surface area contributed by atoms with Crippen LogP contribution in [0.4, 0.5) is 5.69 Å². The van der Waals surface area contributed by atoms with Gasteiger partial charge < -0.3 is 9.84 Å². The summed E-state index contributed by atoms with van der Waals surface area (Å²) in [6, 6.07) is 12.7. The van der Waals surface area contributed by atoms with Crippen molar-refractivity contribution in [2.24, 2.45) is 35.5 Å². The van der Waals surface area contributed by atoms with Crippen molar-refractivity contribution in [2.75, 3.05) is 11.5 Å². The number of nitrogens with zero attached hydrogens (tertiary/aromatic N) is 1. The minimum Gasteiger partial charge on any atom is -0.508 e. The summed E-state index contributed by atoms with van der Waals surface area (Å²) in [5, 5.41) is 9.32. The van der Waals surface area contributed by atoms with Crippen LogP contribution in [0.25, 0.3) is 0 Å². The lowest BCUT2D eigenvalue weighted by atomic mass is 9.63. The highest BCUT2D eigenvalue weighted by atomic mass is 16.5. The van der Waals surface area contributed by atoms with Crippen LogP contribution < -0.4 is 9.64 Å². The highest BCUT2D eigenvalue weighted by Crippen LogP contribution is 2.65. The van der Waals surface area contributed by atoms with Gasteiger partial charge in [0.15, 0.2) is 12.4 Å². The van der Waals surface area contributed by atoms with Crippen molar-refractivity contribution in [3.8, 4) is 11.5 Å². The third kappa shape index (κ3) is 2.74. The molecule has 5 aliphatic rings. The first-order chi connectivity index (χ1) is 15.0. The number of carbonyl (C=O) groups excluding carboxylic acids is 3. The third-order valence-electron chi connectivity index (χ3n) is 7.32. The Morgan fingerprint density at radius 2 is 1.48 bits per heavy atom. The van der Waals surface area contributed by atoms with Gasteiger partial charge in [-0.25, -0.2) is 0 Å². The highest BCUT2D eigenvalue weighted by Gasteiger charge is 2.67. The van der Waals surface area contributed by atoms with Crippen LogP contribution in [0, 0.1) is 35.5 Å². The summed E-state index contributed by atoms with van der Waals surface area (Å²) in [6.07, 6.45) is 5.47. The lowest BCUT2D eigenvalue weighted by Gasteiger charge is -2.37. The van der Waals surface area contributed by atoms with Gasteiger partial charge in [0.2, 0.25) is 11.8 Å². The summed E-state index contributed by atoms with van der Waals surface area (Å²) in [5.74, 6) is 1.33. The van der Waals surface area contributed by atoms with Gasteiger partial charge in [-0.1, -0.05) is 12.2 Å². The average Bonchev–Trinajstić information content (AvgIpc) is 3.56. The normalized spacial score (nSPS) is 32.1. The van der Waals surface area contributed by atoms with Gasteiger partial charge >= 0.3 is 0 Å². The van der Waals surface area contributed by atoms with E-state index in [2.05, 4.69) is 12.2 Å². The maximum Gasteiger partial charge on any atom is 0.238 e. The molecule has 1 N–H and O–H groups in total. The van der Waals surface area contributed by atoms with Gasteiger partial charge in [-0.3, -0.25) is 19.3 Å². The number of rotatable bonds is 5. The molecule has 31 heavy (non-hydrogen) atoms.